The second kappa shape index (κ2) is 39.1. The number of hydrogen-bond acceptors (Lipinski definition) is 20. The molecule has 10 amide bonds. The minimum Gasteiger partial charge on any atom is -0.508 e. The average Bonchev–Trinajstić information content (AvgIpc) is 1.57. The monoisotopic (exact) mass is 1400 g/mol. The number of H-pyrrole nitrogens is 1. The Labute approximate surface area is 575 Å². The lowest BCUT2D eigenvalue weighted by atomic mass is 9.98. The molecule has 1 fully saturated rings. The van der Waals surface area contributed by atoms with E-state index in [1.165, 1.54) is 96.4 Å². The number of nitrogens with two attached hydrogens (primary N) is 1. The van der Waals surface area contributed by atoms with Crippen molar-refractivity contribution in [2.24, 2.45) is 16.8 Å². The molecule has 0 radical (unpaired) electrons. The van der Waals surface area contributed by atoms with Crippen molar-refractivity contribution in [3.8, 4) is 17.2 Å². The number of phenolic OH excluding ortho intramolecular Hbond substituents is 2. The molecule has 0 aliphatic carbocycles. The van der Waals surface area contributed by atoms with Gasteiger partial charge in [0.25, 0.3) is 0 Å². The number of carboxylic acids is 1. The van der Waals surface area contributed by atoms with E-state index in [0.29, 0.717) is 59.8 Å². The Balaban J connectivity index is 1.42. The number of unbranched alkanes of at least 4 members (excludes halogenated alkanes) is 3. The first-order valence-electron chi connectivity index (χ1n) is 32.2. The molecule has 4 aromatic rings. The highest BCUT2D eigenvalue weighted by Crippen LogP contribution is 2.27. The number of aromatic amines is 1. The first-order valence-corrected chi connectivity index (χ1v) is 34.5. The fraction of sp³-hybridized carbons (Fsp3) is 0.500. The van der Waals surface area contributed by atoms with Crippen LogP contribution < -0.4 is 53.0 Å². The number of fused-ring (bicyclic) bond motifs is 3. The Morgan fingerprint density at radius 3 is 1.89 bits per heavy atom. The molecule has 30 nitrogen and oxygen atoms in total. The van der Waals surface area contributed by atoms with Gasteiger partial charge in [0, 0.05) is 74.4 Å². The van der Waals surface area contributed by atoms with Gasteiger partial charge in [-0.3, -0.25) is 52.7 Å². The van der Waals surface area contributed by atoms with Gasteiger partial charge < -0.3 is 88.2 Å². The van der Waals surface area contributed by atoms with Gasteiger partial charge in [0.05, 0.1) is 25.5 Å². The quantitative estimate of drug-likeness (QED) is 0.0263. The third kappa shape index (κ3) is 24.9. The predicted molar refractivity (Wildman–Crippen MR) is 363 cm³/mol. The molecule has 11 atom stereocenters. The van der Waals surface area contributed by atoms with E-state index in [9.17, 15) is 63.6 Å². The molecular formula is C66H89N13O17S2. The molecule has 15 N–H and O–H groups in total. The zero-order chi connectivity index (χ0) is 71.4. The van der Waals surface area contributed by atoms with Gasteiger partial charge in [-0.05, 0) is 110 Å². The maximum absolute atomic E-state index is 15.1. The fourth-order valence-corrected chi connectivity index (χ4v) is 12.9. The van der Waals surface area contributed by atoms with Gasteiger partial charge in [-0.2, -0.15) is 23.5 Å². The molecule has 6 rings (SSSR count). The van der Waals surface area contributed by atoms with Gasteiger partial charge in [0.15, 0.2) is 0 Å². The van der Waals surface area contributed by atoms with Crippen molar-refractivity contribution >= 4 is 95.3 Å². The number of aliphatic hydroxyl groups is 1. The summed E-state index contributed by atoms with van der Waals surface area (Å²) in [4.78, 5) is 168. The largest absolute Gasteiger partial charge is 0.508 e. The van der Waals surface area contributed by atoms with Gasteiger partial charge >= 0.3 is 5.97 Å². The van der Waals surface area contributed by atoms with Crippen molar-refractivity contribution in [3.05, 3.63) is 107 Å². The van der Waals surface area contributed by atoms with Gasteiger partial charge in [0.2, 0.25) is 59.1 Å². The molecule has 2 bridgehead atoms. The Morgan fingerprint density at radius 2 is 1.31 bits per heavy atom. The van der Waals surface area contributed by atoms with E-state index in [1.807, 2.05) is 25.1 Å². The number of aromatic nitrogens is 2. The first-order chi connectivity index (χ1) is 46.8. The number of thioether (sulfide) groups is 2. The Hall–Kier alpha value is -9.43. The van der Waals surface area contributed by atoms with Crippen LogP contribution in [0.15, 0.2) is 84.4 Å². The molecule has 0 spiro atoms. The Bertz CT molecular complexity index is 3380. The number of carbonyl (C=O) groups excluding carboxylic acids is 10. The highest BCUT2D eigenvalue weighted by Gasteiger charge is 2.42. The fourth-order valence-electron chi connectivity index (χ4n) is 10.9. The van der Waals surface area contributed by atoms with Crippen LogP contribution in [0, 0.1) is 5.92 Å². The third-order valence-electron chi connectivity index (χ3n) is 16.3. The number of amides is 10. The number of phenols is 2. The number of aromatic hydroxyl groups is 2. The van der Waals surface area contributed by atoms with Crippen LogP contribution in [0.1, 0.15) is 107 Å². The smallest absolute Gasteiger partial charge is 0.305 e. The predicted octanol–water partition coefficient (Wildman–Crippen LogP) is 0.877. The number of aliphatic hydroxyl groups excluding tert-OH is 1. The zero-order valence-electron chi connectivity index (χ0n) is 55.1. The number of benzene rings is 3. The first kappa shape index (κ1) is 77.6. The lowest BCUT2D eigenvalue weighted by Gasteiger charge is -2.31. The Morgan fingerprint density at radius 1 is 0.735 bits per heavy atom. The number of hydrogen-bond donors (Lipinski definition) is 14. The number of oxime groups is 1. The summed E-state index contributed by atoms with van der Waals surface area (Å²) in [7, 11) is 0. The van der Waals surface area contributed by atoms with Crippen molar-refractivity contribution in [2.75, 3.05) is 31.3 Å². The van der Waals surface area contributed by atoms with Crippen LogP contribution in [0.25, 0.3) is 0 Å². The summed E-state index contributed by atoms with van der Waals surface area (Å²) >= 11 is 2.46. The van der Waals surface area contributed by atoms with Crippen molar-refractivity contribution in [2.45, 2.75) is 170 Å². The number of nitrogens with zero attached hydrogens (tertiary/aromatic N) is 3. The molecule has 2 aliphatic rings. The second-order valence-electron chi connectivity index (χ2n) is 24.1. The summed E-state index contributed by atoms with van der Waals surface area (Å²) in [6.07, 6.45) is 2.85. The lowest BCUT2D eigenvalue weighted by Crippen LogP contribution is -2.62. The number of nitrogens with one attached hydrogen (secondary N) is 9. The van der Waals surface area contributed by atoms with E-state index in [0.717, 1.165) is 26.2 Å². The molecule has 1 saturated heterocycles. The van der Waals surface area contributed by atoms with Crippen molar-refractivity contribution < 1.29 is 82.7 Å². The third-order valence-corrected chi connectivity index (χ3v) is 18.5. The molecule has 2 aliphatic heterocycles. The van der Waals surface area contributed by atoms with Gasteiger partial charge in [-0.15, -0.1) is 5.16 Å². The Kier molecular flexibility index (Phi) is 30.9. The molecule has 3 aromatic carbocycles. The van der Waals surface area contributed by atoms with Crippen LogP contribution in [0.2, 0.25) is 0 Å². The minimum absolute atomic E-state index is 0.00928. The van der Waals surface area contributed by atoms with Crippen LogP contribution in [-0.4, -0.2) is 199 Å². The van der Waals surface area contributed by atoms with Crippen molar-refractivity contribution in [1.29, 1.82) is 0 Å². The molecule has 532 valence electrons. The number of primary amides is 1. The van der Waals surface area contributed by atoms with Crippen molar-refractivity contribution in [1.82, 2.24) is 57.4 Å². The summed E-state index contributed by atoms with van der Waals surface area (Å²) in [6.45, 7) is 9.97. The van der Waals surface area contributed by atoms with Gasteiger partial charge in [-0.25, -0.2) is 4.98 Å². The molecule has 3 heterocycles. The number of carbonyl (C=O) groups is 11. The van der Waals surface area contributed by atoms with Gasteiger partial charge in [-0.1, -0.05) is 50.6 Å². The maximum Gasteiger partial charge on any atom is 0.305 e. The van der Waals surface area contributed by atoms with Gasteiger partial charge in [0.1, 0.15) is 78.2 Å². The molecule has 0 unspecified atom stereocenters. The topological polar surface area (TPSA) is 454 Å². The SMILES string of the molecule is C=NOCCCCCCOc1cc2cc(c1)CSC[C@H](NC(=O)[C@@H](NC(C)=O)[C@@H](C)CC)C(=O)N[C@@H](Cc1ccc(O)cc1)C(=O)N1CCC[C@H]1C(=O)N[C@@H](CC(=O)O)C(=O)N[C@@H]([C@@H](C)O)C(=O)N[C@@H](Cc1ccc(O)cc1)C(=O)N[C@@H](Cc1cnc[nH]1)C(=O)N[C@H](C(N)=O)CSC2. The molecule has 32 heteroatoms. The van der Waals surface area contributed by atoms with Crippen molar-refractivity contribution in [3.63, 3.8) is 0 Å². The second-order valence-corrected chi connectivity index (χ2v) is 26.2. The van der Waals surface area contributed by atoms with Crippen LogP contribution >= 0.6 is 23.5 Å². The number of rotatable bonds is 24. The summed E-state index contributed by atoms with van der Waals surface area (Å²) in [6, 6.07) is 3.10. The lowest BCUT2D eigenvalue weighted by molar-refractivity contribution is -0.144. The maximum atomic E-state index is 15.1. The van der Waals surface area contributed by atoms with Crippen LogP contribution in [0.3, 0.4) is 0 Å². The van der Waals surface area contributed by atoms with E-state index >= 15 is 9.59 Å². The van der Waals surface area contributed by atoms with E-state index in [-0.39, 0.29) is 73.2 Å². The summed E-state index contributed by atoms with van der Waals surface area (Å²) in [5.41, 5.74) is 8.53. The normalized spacial score (nSPS) is 22.3. The summed E-state index contributed by atoms with van der Waals surface area (Å²) in [5.74, 6) is -10.6. The summed E-state index contributed by atoms with van der Waals surface area (Å²) < 4.78 is 6.30. The molecular weight excluding hydrogens is 1310 g/mol. The average molecular weight is 1400 g/mol. The van der Waals surface area contributed by atoms with E-state index < -0.39 is 138 Å². The highest BCUT2D eigenvalue weighted by molar-refractivity contribution is 7.98. The minimum atomic E-state index is -1.97. The number of ether oxygens (including phenoxy) is 1. The number of imidazole rings is 1. The van der Waals surface area contributed by atoms with Crippen LogP contribution in [0.4, 0.5) is 0 Å². The number of aliphatic carboxylic acids is 1. The zero-order valence-corrected chi connectivity index (χ0v) is 56.8. The molecule has 0 saturated carbocycles. The summed E-state index contributed by atoms with van der Waals surface area (Å²) in [5, 5.41) is 65.8. The van der Waals surface area contributed by atoms with E-state index in [4.69, 9.17) is 15.3 Å². The van der Waals surface area contributed by atoms with Crippen LogP contribution in [0.5, 0.6) is 17.2 Å². The number of carboxylic acid groups (broad SMARTS) is 1. The van der Waals surface area contributed by atoms with Crippen LogP contribution in [-0.2, 0) is 88.3 Å². The highest BCUT2D eigenvalue weighted by atomic mass is 32.2. The van der Waals surface area contributed by atoms with E-state index in [1.54, 1.807) is 6.92 Å². The van der Waals surface area contributed by atoms with E-state index in [2.05, 4.69) is 64.4 Å². The molecule has 98 heavy (non-hydrogen) atoms. The standard InChI is InChI=1S/C66H89N13O17S2/c1-6-37(2)56(71-39(4)81)64(92)77-53-35-98-33-43-24-42(25-47(26-43)95-22-9-7-8-10-23-96-68-5)32-97-34-52(58(67)86)76-60(88)49(29-44-31-69-36-70-44)72-59(87)48(27-40-13-17-45(82)18-14-40)74-65(93)57(38(3)80)78-61(89)50(30-55(84)85)73-63(91)54-12-11-21-79(54)66(94)51(75-62(53)90)28-41-15-19-46(83)20-16-41/h13-20,24-26,31,36-38,48-54,56-57,80,82-83H,5-12,21-23,27-30,32-35H2,1-4H3,(H2,67,86)(H,69,70)(H,71,81)(H,72,87)(H,73,91)(H,74,93)(H,75,90)(H,76,88)(H,77,92)(H,78,89)(H,84,85)/t37-,38+,48-,49-,50-,51-,52-,53-,54-,56-,57-/m0/s1. The molecule has 1 aromatic heterocycles.